The van der Waals surface area contributed by atoms with Crippen LogP contribution in [0.3, 0.4) is 0 Å². The van der Waals surface area contributed by atoms with Gasteiger partial charge in [0.25, 0.3) is 0 Å². The van der Waals surface area contributed by atoms with Gasteiger partial charge in [0, 0.05) is 13.1 Å². The second kappa shape index (κ2) is 5.55. The van der Waals surface area contributed by atoms with Gasteiger partial charge in [0.1, 0.15) is 0 Å². The first-order valence-corrected chi connectivity index (χ1v) is 8.60. The molecule has 1 aromatic carbocycles. The Morgan fingerprint density at radius 1 is 1.10 bits per heavy atom. The predicted molar refractivity (Wildman–Crippen MR) is 92.4 cm³/mol. The Morgan fingerprint density at radius 3 is 2.48 bits per heavy atom. The standard InChI is InChI=1S/C19H30N2/c1-14-10-17-18(11-15(14)2)21(19(3,4)13-20-17)12-16-8-6-5-7-9-16/h10-11,16,20H,5-9,12-13H2,1-4H3. The number of hydrogen-bond acceptors (Lipinski definition) is 2. The first kappa shape index (κ1) is 14.7. The molecule has 116 valence electrons. The fourth-order valence-electron chi connectivity index (χ4n) is 3.87. The van der Waals surface area contributed by atoms with Crippen molar-refractivity contribution in [2.75, 3.05) is 23.3 Å². The minimum atomic E-state index is 0.201. The van der Waals surface area contributed by atoms with Crippen molar-refractivity contribution >= 4 is 11.4 Å². The molecule has 0 amide bonds. The second-order valence-corrected chi connectivity index (χ2v) is 7.73. The van der Waals surface area contributed by atoms with Gasteiger partial charge in [-0.3, -0.25) is 0 Å². The third-order valence-electron chi connectivity index (χ3n) is 5.51. The first-order chi connectivity index (χ1) is 9.97. The van der Waals surface area contributed by atoms with E-state index in [0.29, 0.717) is 0 Å². The van der Waals surface area contributed by atoms with Crippen LogP contribution < -0.4 is 10.2 Å². The van der Waals surface area contributed by atoms with Gasteiger partial charge < -0.3 is 10.2 Å². The van der Waals surface area contributed by atoms with Gasteiger partial charge in [0.05, 0.1) is 16.9 Å². The summed E-state index contributed by atoms with van der Waals surface area (Å²) in [6.45, 7) is 11.5. The van der Waals surface area contributed by atoms with Gasteiger partial charge in [-0.2, -0.15) is 0 Å². The molecule has 0 atom stereocenters. The van der Waals surface area contributed by atoms with E-state index in [4.69, 9.17) is 0 Å². The fourth-order valence-corrected chi connectivity index (χ4v) is 3.87. The summed E-state index contributed by atoms with van der Waals surface area (Å²) in [7, 11) is 0. The van der Waals surface area contributed by atoms with E-state index < -0.39 is 0 Å². The minimum Gasteiger partial charge on any atom is -0.381 e. The topological polar surface area (TPSA) is 15.3 Å². The van der Waals surface area contributed by atoms with E-state index in [0.717, 1.165) is 12.5 Å². The van der Waals surface area contributed by atoms with Crippen LogP contribution in [0, 0.1) is 19.8 Å². The normalized spacial score (nSPS) is 21.8. The Labute approximate surface area is 129 Å². The number of fused-ring (bicyclic) bond motifs is 1. The summed E-state index contributed by atoms with van der Waals surface area (Å²) >= 11 is 0. The molecule has 0 spiro atoms. The van der Waals surface area contributed by atoms with Crippen molar-refractivity contribution in [2.24, 2.45) is 5.92 Å². The van der Waals surface area contributed by atoms with Crippen LogP contribution in [0.25, 0.3) is 0 Å². The zero-order valence-corrected chi connectivity index (χ0v) is 14.1. The van der Waals surface area contributed by atoms with Gasteiger partial charge in [-0.05, 0) is 69.7 Å². The molecule has 2 heteroatoms. The quantitative estimate of drug-likeness (QED) is 0.832. The second-order valence-electron chi connectivity index (χ2n) is 7.73. The number of nitrogens with one attached hydrogen (secondary N) is 1. The summed E-state index contributed by atoms with van der Waals surface area (Å²) in [6.07, 6.45) is 7.13. The van der Waals surface area contributed by atoms with E-state index in [1.54, 1.807) is 0 Å². The Hall–Kier alpha value is -1.18. The lowest BCUT2D eigenvalue weighted by molar-refractivity contribution is 0.331. The zero-order chi connectivity index (χ0) is 15.0. The molecular formula is C19H30N2. The summed E-state index contributed by atoms with van der Waals surface area (Å²) in [4.78, 5) is 2.68. The van der Waals surface area contributed by atoms with Gasteiger partial charge in [-0.1, -0.05) is 19.3 Å². The molecule has 1 heterocycles. The third-order valence-corrected chi connectivity index (χ3v) is 5.51. The Balaban J connectivity index is 1.91. The van der Waals surface area contributed by atoms with Crippen LogP contribution >= 0.6 is 0 Å². The van der Waals surface area contributed by atoms with Crippen molar-refractivity contribution in [1.29, 1.82) is 0 Å². The lowest BCUT2D eigenvalue weighted by Crippen LogP contribution is -2.54. The lowest BCUT2D eigenvalue weighted by Gasteiger charge is -2.47. The molecule has 1 saturated carbocycles. The molecule has 1 fully saturated rings. The number of anilines is 2. The average Bonchev–Trinajstić information content (AvgIpc) is 2.46. The molecule has 1 aromatic rings. The predicted octanol–water partition coefficient (Wildman–Crippen LogP) is 4.89. The van der Waals surface area contributed by atoms with E-state index in [-0.39, 0.29) is 5.54 Å². The van der Waals surface area contributed by atoms with Crippen LogP contribution in [0.2, 0.25) is 0 Å². The maximum atomic E-state index is 3.65. The molecule has 3 rings (SSSR count). The van der Waals surface area contributed by atoms with Crippen LogP contribution in [0.4, 0.5) is 11.4 Å². The summed E-state index contributed by atoms with van der Waals surface area (Å²) < 4.78 is 0. The maximum Gasteiger partial charge on any atom is 0.0610 e. The molecule has 0 radical (unpaired) electrons. The summed E-state index contributed by atoms with van der Waals surface area (Å²) in [5, 5.41) is 3.65. The van der Waals surface area contributed by atoms with Gasteiger partial charge in [-0.15, -0.1) is 0 Å². The van der Waals surface area contributed by atoms with Gasteiger partial charge >= 0.3 is 0 Å². The Morgan fingerprint density at radius 2 is 1.76 bits per heavy atom. The van der Waals surface area contributed by atoms with Gasteiger partial charge in [0.2, 0.25) is 0 Å². The van der Waals surface area contributed by atoms with Crippen LogP contribution in [0.5, 0.6) is 0 Å². The smallest absolute Gasteiger partial charge is 0.0610 e. The molecule has 2 nitrogen and oxygen atoms in total. The van der Waals surface area contributed by atoms with Crippen LogP contribution in [0.15, 0.2) is 12.1 Å². The highest BCUT2D eigenvalue weighted by Crippen LogP contribution is 2.39. The molecule has 0 saturated heterocycles. The number of nitrogens with zero attached hydrogens (tertiary/aromatic N) is 1. The van der Waals surface area contributed by atoms with Crippen molar-refractivity contribution in [3.8, 4) is 0 Å². The minimum absolute atomic E-state index is 0.201. The van der Waals surface area contributed by atoms with Crippen molar-refractivity contribution in [3.05, 3.63) is 23.3 Å². The summed E-state index contributed by atoms with van der Waals surface area (Å²) in [5.41, 5.74) is 5.74. The number of aryl methyl sites for hydroxylation is 2. The highest BCUT2D eigenvalue weighted by molar-refractivity contribution is 5.75. The van der Waals surface area contributed by atoms with Crippen LogP contribution in [-0.4, -0.2) is 18.6 Å². The van der Waals surface area contributed by atoms with E-state index in [2.05, 4.69) is 50.0 Å². The molecule has 2 aliphatic rings. The Kier molecular flexibility index (Phi) is 3.90. The monoisotopic (exact) mass is 286 g/mol. The van der Waals surface area contributed by atoms with Crippen molar-refractivity contribution in [1.82, 2.24) is 0 Å². The highest BCUT2D eigenvalue weighted by atomic mass is 15.3. The molecule has 1 N–H and O–H groups in total. The van der Waals surface area contributed by atoms with Gasteiger partial charge in [-0.25, -0.2) is 0 Å². The first-order valence-electron chi connectivity index (χ1n) is 8.60. The van der Waals surface area contributed by atoms with Crippen molar-refractivity contribution < 1.29 is 0 Å². The zero-order valence-electron chi connectivity index (χ0n) is 14.1. The third kappa shape index (κ3) is 2.90. The summed E-state index contributed by atoms with van der Waals surface area (Å²) in [5.74, 6) is 0.880. The van der Waals surface area contributed by atoms with Crippen molar-refractivity contribution in [2.45, 2.75) is 65.3 Å². The lowest BCUT2D eigenvalue weighted by atomic mass is 9.86. The molecule has 1 aliphatic heterocycles. The molecular weight excluding hydrogens is 256 g/mol. The van der Waals surface area contributed by atoms with Crippen molar-refractivity contribution in [3.63, 3.8) is 0 Å². The molecule has 21 heavy (non-hydrogen) atoms. The molecule has 0 unspecified atom stereocenters. The molecule has 0 bridgehead atoms. The highest BCUT2D eigenvalue weighted by Gasteiger charge is 2.34. The van der Waals surface area contributed by atoms with Gasteiger partial charge in [0.15, 0.2) is 0 Å². The van der Waals surface area contributed by atoms with E-state index in [1.807, 2.05) is 0 Å². The fraction of sp³-hybridized carbons (Fsp3) is 0.684. The number of rotatable bonds is 2. The number of benzene rings is 1. The number of hydrogen-bond donors (Lipinski definition) is 1. The van der Waals surface area contributed by atoms with E-state index in [1.165, 1.54) is 61.2 Å². The van der Waals surface area contributed by atoms with E-state index >= 15 is 0 Å². The Bertz CT molecular complexity index is 513. The SMILES string of the molecule is Cc1cc2c(cc1C)N(CC1CCCCC1)C(C)(C)CN2. The molecule has 1 aliphatic carbocycles. The largest absolute Gasteiger partial charge is 0.381 e. The van der Waals surface area contributed by atoms with Crippen LogP contribution in [0.1, 0.15) is 57.1 Å². The van der Waals surface area contributed by atoms with E-state index in [9.17, 15) is 0 Å². The van der Waals surface area contributed by atoms with Crippen LogP contribution in [-0.2, 0) is 0 Å². The average molecular weight is 286 g/mol. The summed E-state index contributed by atoms with van der Waals surface area (Å²) in [6, 6.07) is 4.72. The maximum absolute atomic E-state index is 3.65. The molecule has 0 aromatic heterocycles.